The molecule has 2 heterocycles. The lowest BCUT2D eigenvalue weighted by atomic mass is 9.98. The fourth-order valence-electron chi connectivity index (χ4n) is 3.10. The Morgan fingerprint density at radius 3 is 2.31 bits per heavy atom. The van der Waals surface area contributed by atoms with Crippen LogP contribution in [0.1, 0.15) is 32.6 Å². The molecule has 2 rings (SSSR count). The minimum absolute atomic E-state index is 0.636. The number of hydrogen-bond acceptors (Lipinski definition) is 3. The zero-order chi connectivity index (χ0) is 11.7. The van der Waals surface area contributed by atoms with E-state index in [1.165, 1.54) is 25.7 Å². The molecular formula is C13H27N3. The van der Waals surface area contributed by atoms with Crippen LogP contribution in [0.15, 0.2) is 0 Å². The van der Waals surface area contributed by atoms with Gasteiger partial charge in [-0.05, 0) is 53.8 Å². The average Bonchev–Trinajstić information content (AvgIpc) is 2.51. The summed E-state index contributed by atoms with van der Waals surface area (Å²) in [7, 11) is 6.62. The second-order valence-corrected chi connectivity index (χ2v) is 5.94. The minimum atomic E-state index is 0.636. The molecule has 2 saturated heterocycles. The van der Waals surface area contributed by atoms with Crippen molar-refractivity contribution < 1.29 is 0 Å². The Morgan fingerprint density at radius 1 is 1.25 bits per heavy atom. The van der Waals surface area contributed by atoms with Crippen LogP contribution in [0.5, 0.6) is 0 Å². The molecule has 3 heteroatoms. The number of likely N-dealkylation sites (N-methyl/N-ethyl adjacent to an activating group) is 1. The van der Waals surface area contributed by atoms with Gasteiger partial charge in [-0.1, -0.05) is 0 Å². The molecule has 3 nitrogen and oxygen atoms in total. The van der Waals surface area contributed by atoms with Crippen LogP contribution in [0.4, 0.5) is 0 Å². The highest BCUT2D eigenvalue weighted by Crippen LogP contribution is 2.34. The van der Waals surface area contributed by atoms with Gasteiger partial charge in [-0.25, -0.2) is 0 Å². The molecule has 0 aliphatic carbocycles. The van der Waals surface area contributed by atoms with Crippen LogP contribution in [-0.4, -0.2) is 61.7 Å². The molecule has 0 aromatic rings. The van der Waals surface area contributed by atoms with E-state index in [0.29, 0.717) is 6.04 Å². The van der Waals surface area contributed by atoms with Crippen LogP contribution < -0.4 is 5.32 Å². The first-order chi connectivity index (χ1) is 7.58. The van der Waals surface area contributed by atoms with Crippen LogP contribution in [0.2, 0.25) is 0 Å². The van der Waals surface area contributed by atoms with Gasteiger partial charge in [-0.15, -0.1) is 0 Å². The van der Waals surface area contributed by atoms with E-state index in [1.807, 2.05) is 0 Å². The zero-order valence-electron chi connectivity index (χ0n) is 11.2. The number of nitrogens with one attached hydrogen (secondary N) is 1. The molecule has 0 aromatic carbocycles. The van der Waals surface area contributed by atoms with E-state index < -0.39 is 0 Å². The van der Waals surface area contributed by atoms with Gasteiger partial charge >= 0.3 is 0 Å². The van der Waals surface area contributed by atoms with Crippen molar-refractivity contribution in [2.24, 2.45) is 0 Å². The van der Waals surface area contributed by atoms with Crippen molar-refractivity contribution in [2.45, 2.75) is 56.8 Å². The second-order valence-electron chi connectivity index (χ2n) is 5.94. The highest BCUT2D eigenvalue weighted by Gasteiger charge is 2.38. The zero-order valence-corrected chi connectivity index (χ0v) is 11.2. The largest absolute Gasteiger partial charge is 0.312 e. The van der Waals surface area contributed by atoms with Crippen molar-refractivity contribution in [3.8, 4) is 0 Å². The van der Waals surface area contributed by atoms with Gasteiger partial charge in [-0.3, -0.25) is 0 Å². The van der Waals surface area contributed by atoms with Crippen molar-refractivity contribution in [3.63, 3.8) is 0 Å². The first-order valence-corrected chi connectivity index (χ1v) is 6.69. The first kappa shape index (κ1) is 12.3. The summed E-state index contributed by atoms with van der Waals surface area (Å²) in [6, 6.07) is 3.10. The van der Waals surface area contributed by atoms with Crippen molar-refractivity contribution in [3.05, 3.63) is 0 Å². The molecular weight excluding hydrogens is 198 g/mol. The molecule has 2 bridgehead atoms. The molecule has 2 aliphatic rings. The third-order valence-electron chi connectivity index (χ3n) is 4.68. The monoisotopic (exact) mass is 225 g/mol. The van der Waals surface area contributed by atoms with E-state index in [9.17, 15) is 0 Å². The molecule has 0 aromatic heterocycles. The van der Waals surface area contributed by atoms with Gasteiger partial charge in [0.25, 0.3) is 0 Å². The number of rotatable bonds is 4. The fraction of sp³-hybridized carbons (Fsp3) is 1.00. The molecule has 16 heavy (non-hydrogen) atoms. The van der Waals surface area contributed by atoms with E-state index in [4.69, 9.17) is 0 Å². The first-order valence-electron chi connectivity index (χ1n) is 6.69. The summed E-state index contributed by atoms with van der Waals surface area (Å²) in [4.78, 5) is 4.89. The van der Waals surface area contributed by atoms with Crippen LogP contribution >= 0.6 is 0 Å². The fourth-order valence-corrected chi connectivity index (χ4v) is 3.10. The maximum Gasteiger partial charge on any atom is 0.0186 e. The summed E-state index contributed by atoms with van der Waals surface area (Å²) in [6.07, 6.45) is 5.55. The molecule has 3 unspecified atom stereocenters. The summed E-state index contributed by atoms with van der Waals surface area (Å²) in [5.74, 6) is 0. The van der Waals surface area contributed by atoms with Gasteiger partial charge < -0.3 is 15.1 Å². The molecule has 0 spiro atoms. The number of fused-ring (bicyclic) bond motifs is 2. The van der Waals surface area contributed by atoms with Crippen LogP contribution in [-0.2, 0) is 0 Å². The Bertz CT molecular complexity index is 215. The molecule has 2 aliphatic heterocycles. The topological polar surface area (TPSA) is 18.5 Å². The van der Waals surface area contributed by atoms with Crippen LogP contribution in [0, 0.1) is 0 Å². The Morgan fingerprint density at radius 2 is 1.81 bits per heavy atom. The maximum atomic E-state index is 3.76. The number of hydrogen-bond donors (Lipinski definition) is 1. The molecule has 3 atom stereocenters. The molecule has 0 saturated carbocycles. The van der Waals surface area contributed by atoms with E-state index in [2.05, 4.69) is 43.2 Å². The number of nitrogens with zero attached hydrogens (tertiary/aromatic N) is 2. The quantitative estimate of drug-likeness (QED) is 0.774. The maximum absolute atomic E-state index is 3.76. The summed E-state index contributed by atoms with van der Waals surface area (Å²) in [5, 5.41) is 3.76. The summed E-state index contributed by atoms with van der Waals surface area (Å²) in [5.41, 5.74) is 0. The van der Waals surface area contributed by atoms with E-state index in [1.54, 1.807) is 0 Å². The Hall–Kier alpha value is -0.120. The lowest BCUT2D eigenvalue weighted by Crippen LogP contribution is -2.49. The third-order valence-corrected chi connectivity index (χ3v) is 4.68. The predicted octanol–water partition coefficient (Wildman–Crippen LogP) is 1.15. The van der Waals surface area contributed by atoms with E-state index in [0.717, 1.165) is 24.7 Å². The van der Waals surface area contributed by atoms with Crippen molar-refractivity contribution in [1.82, 2.24) is 15.1 Å². The average molecular weight is 225 g/mol. The van der Waals surface area contributed by atoms with E-state index in [-0.39, 0.29) is 0 Å². The smallest absolute Gasteiger partial charge is 0.0186 e. The number of piperidine rings is 1. The van der Waals surface area contributed by atoms with Gasteiger partial charge in [0.2, 0.25) is 0 Å². The second kappa shape index (κ2) is 5.03. The van der Waals surface area contributed by atoms with E-state index >= 15 is 0 Å². The summed E-state index contributed by atoms with van der Waals surface area (Å²) >= 11 is 0. The molecule has 94 valence electrons. The third kappa shape index (κ3) is 2.58. The SMILES string of the molecule is CC(CNC1CC2CCC(C1)N2C)N(C)C. The lowest BCUT2D eigenvalue weighted by molar-refractivity contribution is 0.144. The molecule has 2 fully saturated rings. The van der Waals surface area contributed by atoms with Crippen LogP contribution in [0.25, 0.3) is 0 Å². The lowest BCUT2D eigenvalue weighted by Gasteiger charge is -2.37. The molecule has 0 amide bonds. The summed E-state index contributed by atoms with van der Waals surface area (Å²) in [6.45, 7) is 3.41. The van der Waals surface area contributed by atoms with Gasteiger partial charge in [-0.2, -0.15) is 0 Å². The van der Waals surface area contributed by atoms with Crippen molar-refractivity contribution >= 4 is 0 Å². The molecule has 1 N–H and O–H groups in total. The minimum Gasteiger partial charge on any atom is -0.312 e. The Labute approximate surface area is 100 Å². The van der Waals surface area contributed by atoms with Crippen LogP contribution in [0.3, 0.4) is 0 Å². The summed E-state index contributed by atoms with van der Waals surface area (Å²) < 4.78 is 0. The highest BCUT2D eigenvalue weighted by atomic mass is 15.2. The Balaban J connectivity index is 1.76. The van der Waals surface area contributed by atoms with Crippen molar-refractivity contribution in [1.29, 1.82) is 0 Å². The highest BCUT2D eigenvalue weighted by molar-refractivity contribution is 4.96. The predicted molar refractivity (Wildman–Crippen MR) is 68.7 cm³/mol. The van der Waals surface area contributed by atoms with Gasteiger partial charge in [0, 0.05) is 30.7 Å². The van der Waals surface area contributed by atoms with Gasteiger partial charge in [0.15, 0.2) is 0 Å². The normalized spacial score (nSPS) is 36.9. The molecule has 0 radical (unpaired) electrons. The van der Waals surface area contributed by atoms with Crippen molar-refractivity contribution in [2.75, 3.05) is 27.7 Å². The van der Waals surface area contributed by atoms with Gasteiger partial charge in [0.1, 0.15) is 0 Å². The standard InChI is InChI=1S/C13H27N3/c1-10(15(2)3)9-14-11-7-12-5-6-13(8-11)16(12)4/h10-14H,5-9H2,1-4H3. The van der Waals surface area contributed by atoms with Gasteiger partial charge in [0.05, 0.1) is 0 Å². The Kier molecular flexibility index (Phi) is 3.88.